The molecular formula is C19H19NO3. The quantitative estimate of drug-likeness (QED) is 0.816. The summed E-state index contributed by atoms with van der Waals surface area (Å²) in [6, 6.07) is 17.8. The molecular weight excluding hydrogens is 290 g/mol. The van der Waals surface area contributed by atoms with Gasteiger partial charge >= 0.3 is 5.97 Å². The fraction of sp³-hybridized carbons (Fsp3) is 0.263. The van der Waals surface area contributed by atoms with Gasteiger partial charge in [-0.25, -0.2) is 4.79 Å². The van der Waals surface area contributed by atoms with Crippen molar-refractivity contribution < 1.29 is 14.3 Å². The van der Waals surface area contributed by atoms with Crippen molar-refractivity contribution in [3.63, 3.8) is 0 Å². The normalized spacial score (nSPS) is 20.7. The second-order valence-corrected chi connectivity index (χ2v) is 5.97. The Bertz CT molecular complexity index is 697. The standard InChI is InChI=1S/C19H19NO3/c1-13(2)16-19(22)23-18(15-11-7-4-8-12-15)20(16)17(21)14-9-5-3-6-10-14/h3-13,16,18H,1-2H3/t16-,18-/m1/s1. The lowest BCUT2D eigenvalue weighted by atomic mass is 10.0. The molecule has 118 valence electrons. The Kier molecular flexibility index (Phi) is 4.15. The number of hydrogen-bond donors (Lipinski definition) is 0. The third-order valence-corrected chi connectivity index (χ3v) is 3.99. The van der Waals surface area contributed by atoms with Crippen LogP contribution in [-0.2, 0) is 9.53 Å². The van der Waals surface area contributed by atoms with Gasteiger partial charge in [0.1, 0.15) is 6.04 Å². The van der Waals surface area contributed by atoms with Crippen LogP contribution in [0.4, 0.5) is 0 Å². The van der Waals surface area contributed by atoms with Crippen LogP contribution >= 0.6 is 0 Å². The SMILES string of the molecule is CC(C)[C@@H]1C(=O)O[C@H](c2ccccc2)N1C(=O)c1ccccc1. The molecule has 0 unspecified atom stereocenters. The first-order chi connectivity index (χ1) is 11.1. The number of hydrogen-bond acceptors (Lipinski definition) is 3. The van der Waals surface area contributed by atoms with Gasteiger partial charge in [0, 0.05) is 11.1 Å². The highest BCUT2D eigenvalue weighted by molar-refractivity contribution is 5.98. The largest absolute Gasteiger partial charge is 0.435 e. The van der Waals surface area contributed by atoms with Crippen LogP contribution in [-0.4, -0.2) is 22.8 Å². The smallest absolute Gasteiger partial charge is 0.331 e. The highest BCUT2D eigenvalue weighted by Gasteiger charge is 2.47. The van der Waals surface area contributed by atoms with Gasteiger partial charge in [0.15, 0.2) is 0 Å². The second kappa shape index (κ2) is 6.24. The summed E-state index contributed by atoms with van der Waals surface area (Å²) >= 11 is 0. The molecule has 3 rings (SSSR count). The first kappa shape index (κ1) is 15.3. The minimum atomic E-state index is -0.677. The molecule has 4 heteroatoms. The lowest BCUT2D eigenvalue weighted by molar-refractivity contribution is -0.143. The van der Waals surface area contributed by atoms with E-state index in [1.807, 2.05) is 62.4 Å². The second-order valence-electron chi connectivity index (χ2n) is 5.97. The molecule has 4 nitrogen and oxygen atoms in total. The Morgan fingerprint density at radius 3 is 2.13 bits per heavy atom. The zero-order chi connectivity index (χ0) is 16.4. The molecule has 0 radical (unpaired) electrons. The van der Waals surface area contributed by atoms with Crippen molar-refractivity contribution in [1.82, 2.24) is 4.90 Å². The van der Waals surface area contributed by atoms with E-state index in [1.54, 1.807) is 17.0 Å². The number of carbonyl (C=O) groups excluding carboxylic acids is 2. The van der Waals surface area contributed by atoms with Gasteiger partial charge in [-0.1, -0.05) is 62.4 Å². The van der Waals surface area contributed by atoms with Crippen LogP contribution in [0.1, 0.15) is 36.0 Å². The number of amides is 1. The van der Waals surface area contributed by atoms with Crippen molar-refractivity contribution in [1.29, 1.82) is 0 Å². The van der Waals surface area contributed by atoms with Gasteiger partial charge in [0.05, 0.1) is 0 Å². The Morgan fingerprint density at radius 2 is 1.57 bits per heavy atom. The first-order valence-electron chi connectivity index (χ1n) is 7.72. The Labute approximate surface area is 135 Å². The van der Waals surface area contributed by atoms with Gasteiger partial charge in [0.2, 0.25) is 6.23 Å². The van der Waals surface area contributed by atoms with Crippen molar-refractivity contribution in [2.24, 2.45) is 5.92 Å². The van der Waals surface area contributed by atoms with Crippen LogP contribution in [0.5, 0.6) is 0 Å². The molecule has 0 aliphatic carbocycles. The number of carbonyl (C=O) groups is 2. The first-order valence-corrected chi connectivity index (χ1v) is 7.72. The van der Waals surface area contributed by atoms with E-state index in [-0.39, 0.29) is 17.8 Å². The molecule has 1 fully saturated rings. The van der Waals surface area contributed by atoms with Crippen LogP contribution in [0.3, 0.4) is 0 Å². The van der Waals surface area contributed by atoms with Gasteiger partial charge in [0.25, 0.3) is 5.91 Å². The highest BCUT2D eigenvalue weighted by Crippen LogP contribution is 2.35. The summed E-state index contributed by atoms with van der Waals surface area (Å²) < 4.78 is 5.54. The molecule has 0 aromatic heterocycles. The molecule has 0 bridgehead atoms. The van der Waals surface area contributed by atoms with Crippen LogP contribution in [0.2, 0.25) is 0 Å². The average molecular weight is 309 g/mol. The summed E-state index contributed by atoms with van der Waals surface area (Å²) in [5, 5.41) is 0. The van der Waals surface area contributed by atoms with Crippen LogP contribution in [0, 0.1) is 5.92 Å². The monoisotopic (exact) mass is 309 g/mol. The van der Waals surface area contributed by atoms with Crippen LogP contribution < -0.4 is 0 Å². The van der Waals surface area contributed by atoms with Gasteiger partial charge in [-0.3, -0.25) is 9.69 Å². The fourth-order valence-corrected chi connectivity index (χ4v) is 2.90. The van der Waals surface area contributed by atoms with Crippen molar-refractivity contribution in [3.05, 3.63) is 71.8 Å². The molecule has 1 heterocycles. The summed E-state index contributed by atoms with van der Waals surface area (Å²) in [7, 11) is 0. The summed E-state index contributed by atoms with van der Waals surface area (Å²) in [6.07, 6.45) is -0.677. The molecule has 1 amide bonds. The minimum absolute atomic E-state index is 0.0242. The number of esters is 1. The Balaban J connectivity index is 2.02. The summed E-state index contributed by atoms with van der Waals surface area (Å²) in [5.41, 5.74) is 1.35. The van der Waals surface area contributed by atoms with E-state index < -0.39 is 12.3 Å². The predicted octanol–water partition coefficient (Wildman–Crippen LogP) is 3.41. The van der Waals surface area contributed by atoms with Crippen LogP contribution in [0.25, 0.3) is 0 Å². The Hall–Kier alpha value is -2.62. The predicted molar refractivity (Wildman–Crippen MR) is 86.5 cm³/mol. The molecule has 2 aromatic carbocycles. The fourth-order valence-electron chi connectivity index (χ4n) is 2.90. The molecule has 2 atom stereocenters. The molecule has 0 spiro atoms. The van der Waals surface area contributed by atoms with Crippen molar-refractivity contribution in [2.45, 2.75) is 26.1 Å². The van der Waals surface area contributed by atoms with E-state index in [0.717, 1.165) is 5.56 Å². The molecule has 1 saturated heterocycles. The lowest BCUT2D eigenvalue weighted by Crippen LogP contribution is -2.42. The molecule has 23 heavy (non-hydrogen) atoms. The van der Waals surface area contributed by atoms with E-state index in [9.17, 15) is 9.59 Å². The van der Waals surface area contributed by atoms with Crippen molar-refractivity contribution >= 4 is 11.9 Å². The van der Waals surface area contributed by atoms with Crippen LogP contribution in [0.15, 0.2) is 60.7 Å². The number of benzene rings is 2. The number of rotatable bonds is 3. The lowest BCUT2D eigenvalue weighted by Gasteiger charge is -2.28. The number of ether oxygens (including phenoxy) is 1. The zero-order valence-corrected chi connectivity index (χ0v) is 13.2. The molecule has 0 N–H and O–H groups in total. The van der Waals surface area contributed by atoms with Gasteiger partial charge in [-0.15, -0.1) is 0 Å². The van der Waals surface area contributed by atoms with E-state index in [1.165, 1.54) is 0 Å². The zero-order valence-electron chi connectivity index (χ0n) is 13.2. The summed E-state index contributed by atoms with van der Waals surface area (Å²) in [5.74, 6) is -0.564. The molecule has 1 aliphatic heterocycles. The summed E-state index contributed by atoms with van der Waals surface area (Å²) in [4.78, 5) is 26.9. The minimum Gasteiger partial charge on any atom is -0.435 e. The van der Waals surface area contributed by atoms with Crippen molar-refractivity contribution in [3.8, 4) is 0 Å². The third kappa shape index (κ3) is 2.84. The van der Waals surface area contributed by atoms with Gasteiger partial charge < -0.3 is 4.74 Å². The van der Waals surface area contributed by atoms with E-state index in [0.29, 0.717) is 5.56 Å². The highest BCUT2D eigenvalue weighted by atomic mass is 16.6. The molecule has 1 aliphatic rings. The van der Waals surface area contributed by atoms with E-state index >= 15 is 0 Å². The van der Waals surface area contributed by atoms with Crippen molar-refractivity contribution in [2.75, 3.05) is 0 Å². The molecule has 2 aromatic rings. The molecule has 0 saturated carbocycles. The van der Waals surface area contributed by atoms with E-state index in [2.05, 4.69) is 0 Å². The Morgan fingerprint density at radius 1 is 1.00 bits per heavy atom. The maximum Gasteiger partial charge on any atom is 0.331 e. The van der Waals surface area contributed by atoms with Gasteiger partial charge in [-0.05, 0) is 18.1 Å². The maximum atomic E-state index is 13.0. The number of nitrogens with zero attached hydrogens (tertiary/aromatic N) is 1. The third-order valence-electron chi connectivity index (χ3n) is 3.99. The van der Waals surface area contributed by atoms with E-state index in [4.69, 9.17) is 4.74 Å². The summed E-state index contributed by atoms with van der Waals surface area (Å²) in [6.45, 7) is 3.84. The number of cyclic esters (lactones) is 1. The average Bonchev–Trinajstić information content (AvgIpc) is 2.93. The van der Waals surface area contributed by atoms with Gasteiger partial charge in [-0.2, -0.15) is 0 Å². The topological polar surface area (TPSA) is 46.6 Å². The maximum absolute atomic E-state index is 13.0.